The number of thiazole rings is 1. The zero-order valence-electron chi connectivity index (χ0n) is 18.2. The van der Waals surface area contributed by atoms with Crippen molar-refractivity contribution in [2.24, 2.45) is 4.99 Å². The number of amidine groups is 1. The van der Waals surface area contributed by atoms with Crippen LogP contribution in [0.5, 0.6) is 0 Å². The van der Waals surface area contributed by atoms with E-state index in [9.17, 15) is 19.1 Å². The van der Waals surface area contributed by atoms with Gasteiger partial charge in [-0.2, -0.15) is 0 Å². The van der Waals surface area contributed by atoms with Crippen LogP contribution in [0.4, 0.5) is 4.39 Å². The number of aliphatic carboxylic acids is 1. The lowest BCUT2D eigenvalue weighted by Crippen LogP contribution is -2.52. The van der Waals surface area contributed by atoms with E-state index in [0.29, 0.717) is 35.3 Å². The molecule has 34 heavy (non-hydrogen) atoms. The topological polar surface area (TPSA) is 113 Å². The number of nitrogens with zero attached hydrogens (tertiary/aromatic N) is 3. The average molecular weight is 553 g/mol. The molecule has 1 aromatic carbocycles. The molecule has 0 radical (unpaired) electrons. The van der Waals surface area contributed by atoms with Crippen molar-refractivity contribution in [1.82, 2.24) is 15.2 Å². The summed E-state index contributed by atoms with van der Waals surface area (Å²) in [6, 6.07) is 2.79. The molecule has 12 heteroatoms. The van der Waals surface area contributed by atoms with Crippen LogP contribution in [0.1, 0.15) is 23.5 Å². The van der Waals surface area contributed by atoms with Crippen LogP contribution in [0.25, 0.3) is 0 Å². The highest BCUT2D eigenvalue weighted by atomic mass is 79.9. The second kappa shape index (κ2) is 10.7. The molecule has 2 aliphatic heterocycles. The van der Waals surface area contributed by atoms with Gasteiger partial charge in [0.25, 0.3) is 0 Å². The fraction of sp³-hybridized carbons (Fsp3) is 0.364. The molecule has 1 fully saturated rings. The Kier molecular flexibility index (Phi) is 7.71. The van der Waals surface area contributed by atoms with Crippen LogP contribution in [0.15, 0.2) is 50.5 Å². The molecule has 2 aliphatic rings. The Morgan fingerprint density at radius 2 is 2.26 bits per heavy atom. The average Bonchev–Trinajstić information content (AvgIpc) is 3.36. The minimum Gasteiger partial charge on any atom is -0.480 e. The molecule has 4 rings (SSSR count). The Hall–Kier alpha value is -2.67. The Morgan fingerprint density at radius 1 is 1.44 bits per heavy atom. The molecular weight excluding hydrogens is 531 g/mol. The van der Waals surface area contributed by atoms with E-state index in [-0.39, 0.29) is 29.8 Å². The smallest absolute Gasteiger partial charge is 0.338 e. The molecule has 2 unspecified atom stereocenters. The predicted molar refractivity (Wildman–Crippen MR) is 126 cm³/mol. The highest BCUT2D eigenvalue weighted by Gasteiger charge is 2.36. The predicted octanol–water partition coefficient (Wildman–Crippen LogP) is 2.74. The van der Waals surface area contributed by atoms with E-state index in [1.165, 1.54) is 17.4 Å². The number of benzene rings is 1. The number of rotatable bonds is 7. The second-order valence-electron chi connectivity index (χ2n) is 7.53. The molecule has 180 valence electrons. The molecule has 2 atom stereocenters. The van der Waals surface area contributed by atoms with Crippen molar-refractivity contribution in [3.8, 4) is 0 Å². The third-order valence-corrected chi connectivity index (χ3v) is 6.82. The molecule has 0 bridgehead atoms. The largest absolute Gasteiger partial charge is 0.480 e. The highest BCUT2D eigenvalue weighted by Crippen LogP contribution is 2.34. The van der Waals surface area contributed by atoms with E-state index in [4.69, 9.17) is 14.5 Å². The molecule has 0 spiro atoms. The number of hydrogen-bond acceptors (Lipinski definition) is 9. The molecule has 0 saturated carbocycles. The molecule has 2 aromatic rings. The standard InChI is InChI=1S/C22H22BrFN4O5S/c1-2-33-22(31)17-15(10-28-6-7-32-11-16(28)21(29)30)26-19(20-25-5-8-34-20)27-18(17)12-3-4-13(23)14(24)9-12/h3-5,8-9,16,18H,2,6-7,10-11H2,1H3,(H,26,27)(H,29,30). The summed E-state index contributed by atoms with van der Waals surface area (Å²) in [5, 5.41) is 15.2. The molecule has 1 aromatic heterocycles. The summed E-state index contributed by atoms with van der Waals surface area (Å²) < 4.78 is 25.4. The summed E-state index contributed by atoms with van der Waals surface area (Å²) >= 11 is 4.51. The number of aliphatic imine (C=N–C) groups is 1. The molecule has 0 amide bonds. The summed E-state index contributed by atoms with van der Waals surface area (Å²) in [6.07, 6.45) is 1.63. The minimum atomic E-state index is -1.02. The molecular formula is C22H22BrFN4O5S. The molecule has 9 nitrogen and oxygen atoms in total. The monoisotopic (exact) mass is 552 g/mol. The van der Waals surface area contributed by atoms with Gasteiger partial charge in [-0.3, -0.25) is 14.7 Å². The van der Waals surface area contributed by atoms with Gasteiger partial charge in [0.05, 0.1) is 29.9 Å². The Morgan fingerprint density at radius 3 is 2.94 bits per heavy atom. The van der Waals surface area contributed by atoms with Crippen LogP contribution < -0.4 is 5.32 Å². The third kappa shape index (κ3) is 5.19. The lowest BCUT2D eigenvalue weighted by molar-refractivity contribution is -0.149. The Balaban J connectivity index is 1.82. The number of carbonyl (C=O) groups is 2. The first-order valence-electron chi connectivity index (χ1n) is 10.5. The Bertz CT molecular complexity index is 1140. The van der Waals surface area contributed by atoms with Gasteiger partial charge in [0, 0.05) is 30.4 Å². The lowest BCUT2D eigenvalue weighted by atomic mass is 9.95. The first-order chi connectivity index (χ1) is 16.4. The van der Waals surface area contributed by atoms with Crippen molar-refractivity contribution in [2.45, 2.75) is 19.0 Å². The van der Waals surface area contributed by atoms with Crippen molar-refractivity contribution < 1.29 is 28.6 Å². The number of morpholine rings is 1. The van der Waals surface area contributed by atoms with Gasteiger partial charge in [0.2, 0.25) is 0 Å². The van der Waals surface area contributed by atoms with Gasteiger partial charge < -0.3 is 19.9 Å². The Labute approximate surface area is 207 Å². The summed E-state index contributed by atoms with van der Waals surface area (Å²) in [5.74, 6) is -1.72. The zero-order chi connectivity index (χ0) is 24.2. The number of halogens is 2. The van der Waals surface area contributed by atoms with Crippen molar-refractivity contribution in [2.75, 3.05) is 32.9 Å². The van der Waals surface area contributed by atoms with E-state index in [1.54, 1.807) is 35.5 Å². The normalized spacial score (nSPS) is 21.1. The van der Waals surface area contributed by atoms with Crippen LogP contribution in [0.3, 0.4) is 0 Å². The van der Waals surface area contributed by atoms with Crippen LogP contribution in [0, 0.1) is 5.82 Å². The molecule has 2 N–H and O–H groups in total. The lowest BCUT2D eigenvalue weighted by Gasteiger charge is -2.35. The highest BCUT2D eigenvalue weighted by molar-refractivity contribution is 9.10. The van der Waals surface area contributed by atoms with Crippen LogP contribution >= 0.6 is 27.3 Å². The first-order valence-corrected chi connectivity index (χ1v) is 12.2. The number of hydrogen-bond donors (Lipinski definition) is 2. The van der Waals surface area contributed by atoms with E-state index < -0.39 is 29.8 Å². The van der Waals surface area contributed by atoms with Crippen LogP contribution in [-0.2, 0) is 19.1 Å². The maximum absolute atomic E-state index is 14.5. The number of ether oxygens (including phenoxy) is 2. The molecule has 3 heterocycles. The maximum Gasteiger partial charge on any atom is 0.338 e. The summed E-state index contributed by atoms with van der Waals surface area (Å²) in [6.45, 7) is 2.69. The van der Waals surface area contributed by atoms with E-state index in [2.05, 4.69) is 26.2 Å². The van der Waals surface area contributed by atoms with Crippen molar-refractivity contribution in [3.05, 3.63) is 61.9 Å². The number of carboxylic acids is 1. The zero-order valence-corrected chi connectivity index (χ0v) is 20.6. The summed E-state index contributed by atoms with van der Waals surface area (Å²) in [5.41, 5.74) is 1.08. The van der Waals surface area contributed by atoms with E-state index in [1.807, 2.05) is 0 Å². The van der Waals surface area contributed by atoms with Crippen LogP contribution in [-0.4, -0.2) is 71.7 Å². The van der Waals surface area contributed by atoms with Crippen molar-refractivity contribution in [3.63, 3.8) is 0 Å². The van der Waals surface area contributed by atoms with Gasteiger partial charge in [-0.05, 0) is 40.5 Å². The number of nitrogens with one attached hydrogen (secondary N) is 1. The van der Waals surface area contributed by atoms with Gasteiger partial charge in [-0.25, -0.2) is 14.2 Å². The summed E-state index contributed by atoms with van der Waals surface area (Å²) in [4.78, 5) is 35.7. The minimum absolute atomic E-state index is 0.0339. The van der Waals surface area contributed by atoms with Gasteiger partial charge in [-0.1, -0.05) is 6.07 Å². The van der Waals surface area contributed by atoms with Gasteiger partial charge in [0.15, 0.2) is 10.8 Å². The third-order valence-electron chi connectivity index (χ3n) is 5.40. The first kappa shape index (κ1) is 24.5. The molecule has 0 aliphatic carbocycles. The van der Waals surface area contributed by atoms with Gasteiger partial charge in [0.1, 0.15) is 17.9 Å². The van der Waals surface area contributed by atoms with Crippen molar-refractivity contribution >= 4 is 45.0 Å². The number of carboxylic acid groups (broad SMARTS) is 1. The number of esters is 1. The van der Waals surface area contributed by atoms with Crippen LogP contribution in [0.2, 0.25) is 0 Å². The summed E-state index contributed by atoms with van der Waals surface area (Å²) in [7, 11) is 0. The molecule has 1 saturated heterocycles. The fourth-order valence-electron chi connectivity index (χ4n) is 3.80. The van der Waals surface area contributed by atoms with Crippen molar-refractivity contribution in [1.29, 1.82) is 0 Å². The maximum atomic E-state index is 14.5. The van der Waals surface area contributed by atoms with E-state index >= 15 is 0 Å². The van der Waals surface area contributed by atoms with Gasteiger partial charge in [-0.15, -0.1) is 11.3 Å². The quantitative estimate of drug-likeness (QED) is 0.504. The number of aromatic nitrogens is 1. The van der Waals surface area contributed by atoms with E-state index in [0.717, 1.165) is 0 Å². The second-order valence-corrected chi connectivity index (χ2v) is 9.28. The number of carbonyl (C=O) groups excluding carboxylic acids is 1. The van der Waals surface area contributed by atoms with Gasteiger partial charge >= 0.3 is 11.9 Å². The fourth-order valence-corrected chi connectivity index (χ4v) is 4.63. The SMILES string of the molecule is CCOC(=O)C1=C(CN2CCOCC2C(=O)O)NC(c2nccs2)=NC1c1ccc(Br)c(F)c1.